The van der Waals surface area contributed by atoms with Crippen LogP contribution in [0.2, 0.25) is 0 Å². The van der Waals surface area contributed by atoms with Crippen molar-refractivity contribution in [3.63, 3.8) is 0 Å². The second-order valence-electron chi connectivity index (χ2n) is 2.59. The van der Waals surface area contributed by atoms with Gasteiger partial charge in [0.1, 0.15) is 5.82 Å². The number of aromatic amines is 1. The molecule has 0 saturated heterocycles. The highest BCUT2D eigenvalue weighted by molar-refractivity contribution is 5.81. The molecule has 2 aromatic heterocycles. The number of nitrogen functional groups attached to an aromatic ring is 1. The van der Waals surface area contributed by atoms with Crippen molar-refractivity contribution < 1.29 is 0 Å². The summed E-state index contributed by atoms with van der Waals surface area (Å²) in [5, 5.41) is 9.54. The average Bonchev–Trinajstić information content (AvgIpc) is 2.48. The van der Waals surface area contributed by atoms with Crippen molar-refractivity contribution in [1.29, 1.82) is 0 Å². The lowest BCUT2D eigenvalue weighted by Crippen LogP contribution is -1.99. The molecule has 0 saturated carbocycles. The maximum Gasteiger partial charge on any atom is 0.178 e. The molecule has 0 amide bonds. The largest absolute Gasteiger partial charge is 0.380 e. The first kappa shape index (κ1) is 7.78. The molecule has 0 aliphatic rings. The van der Waals surface area contributed by atoms with E-state index in [1.807, 2.05) is 6.92 Å². The molecule has 0 aromatic carbocycles. The lowest BCUT2D eigenvalue weighted by atomic mass is 10.5. The third-order valence-corrected chi connectivity index (χ3v) is 1.66. The standard InChI is InChI=1S/C7H10N6/c1-2-9-4-3-10-5-6(8)12-13-7(5)11-4/h3H,2H2,1H3,(H4,8,9,11,12,13). The summed E-state index contributed by atoms with van der Waals surface area (Å²) in [5.74, 6) is 1.10. The fourth-order valence-corrected chi connectivity index (χ4v) is 1.09. The molecule has 6 heteroatoms. The Kier molecular flexibility index (Phi) is 1.73. The molecule has 0 aliphatic carbocycles. The summed E-state index contributed by atoms with van der Waals surface area (Å²) in [4.78, 5) is 8.33. The number of hydrogen-bond donors (Lipinski definition) is 3. The van der Waals surface area contributed by atoms with Gasteiger partial charge in [-0.15, -0.1) is 0 Å². The normalized spacial score (nSPS) is 10.5. The quantitative estimate of drug-likeness (QED) is 0.617. The van der Waals surface area contributed by atoms with E-state index in [1.54, 1.807) is 6.20 Å². The summed E-state index contributed by atoms with van der Waals surface area (Å²) in [5.41, 5.74) is 6.75. The van der Waals surface area contributed by atoms with E-state index in [4.69, 9.17) is 5.73 Å². The maximum atomic E-state index is 5.53. The van der Waals surface area contributed by atoms with E-state index >= 15 is 0 Å². The number of hydrogen-bond acceptors (Lipinski definition) is 5. The maximum absolute atomic E-state index is 5.53. The minimum atomic E-state index is 0.380. The van der Waals surface area contributed by atoms with E-state index in [9.17, 15) is 0 Å². The number of nitrogens with two attached hydrogens (primary N) is 1. The molecule has 13 heavy (non-hydrogen) atoms. The van der Waals surface area contributed by atoms with E-state index in [2.05, 4.69) is 25.5 Å². The van der Waals surface area contributed by atoms with E-state index in [0.29, 0.717) is 17.0 Å². The molecule has 6 nitrogen and oxygen atoms in total. The lowest BCUT2D eigenvalue weighted by molar-refractivity contribution is 1.09. The molecule has 2 aromatic rings. The molecular formula is C7H10N6. The van der Waals surface area contributed by atoms with Crippen LogP contribution in [0.5, 0.6) is 0 Å². The van der Waals surface area contributed by atoms with Gasteiger partial charge in [-0.2, -0.15) is 5.10 Å². The Morgan fingerprint density at radius 2 is 2.46 bits per heavy atom. The summed E-state index contributed by atoms with van der Waals surface area (Å²) in [6.07, 6.45) is 1.64. The zero-order chi connectivity index (χ0) is 9.26. The molecule has 68 valence electrons. The van der Waals surface area contributed by atoms with Crippen molar-refractivity contribution in [2.45, 2.75) is 6.92 Å². The first-order chi connectivity index (χ1) is 6.31. The van der Waals surface area contributed by atoms with Gasteiger partial charge < -0.3 is 11.1 Å². The van der Waals surface area contributed by atoms with Gasteiger partial charge in [-0.3, -0.25) is 5.10 Å². The highest BCUT2D eigenvalue weighted by Gasteiger charge is 2.04. The number of fused-ring (bicyclic) bond motifs is 1. The average molecular weight is 178 g/mol. The number of aromatic nitrogens is 4. The van der Waals surface area contributed by atoms with Gasteiger partial charge in [0.15, 0.2) is 17.0 Å². The minimum absolute atomic E-state index is 0.380. The minimum Gasteiger partial charge on any atom is -0.380 e. The van der Waals surface area contributed by atoms with Gasteiger partial charge in [0.05, 0.1) is 6.20 Å². The van der Waals surface area contributed by atoms with Gasteiger partial charge >= 0.3 is 0 Å². The molecule has 0 spiro atoms. The number of nitrogens with one attached hydrogen (secondary N) is 2. The second-order valence-corrected chi connectivity index (χ2v) is 2.59. The summed E-state index contributed by atoms with van der Waals surface area (Å²) < 4.78 is 0. The first-order valence-corrected chi connectivity index (χ1v) is 4.01. The van der Waals surface area contributed by atoms with Crippen LogP contribution in [0.4, 0.5) is 11.6 Å². The summed E-state index contributed by atoms with van der Waals surface area (Å²) in [7, 11) is 0. The molecule has 4 N–H and O–H groups in total. The van der Waals surface area contributed by atoms with Gasteiger partial charge in [0, 0.05) is 6.54 Å². The molecule has 0 radical (unpaired) electrons. The van der Waals surface area contributed by atoms with Crippen LogP contribution >= 0.6 is 0 Å². The first-order valence-electron chi connectivity index (χ1n) is 4.01. The molecule has 0 aliphatic heterocycles. The molecule has 2 heterocycles. The van der Waals surface area contributed by atoms with Crippen LogP contribution < -0.4 is 11.1 Å². The molecule has 0 atom stereocenters. The number of H-pyrrole nitrogens is 1. The Balaban J connectivity index is 2.50. The SMILES string of the molecule is CCNc1cnc2c(N)n[nH]c2n1. The number of anilines is 2. The van der Waals surface area contributed by atoms with Crippen LogP contribution in [0.1, 0.15) is 6.92 Å². The van der Waals surface area contributed by atoms with E-state index in [1.165, 1.54) is 0 Å². The van der Waals surface area contributed by atoms with E-state index in [0.717, 1.165) is 12.4 Å². The Bertz CT molecular complexity index is 420. The molecular weight excluding hydrogens is 168 g/mol. The smallest absolute Gasteiger partial charge is 0.178 e. The number of rotatable bonds is 2. The van der Waals surface area contributed by atoms with Crippen molar-refractivity contribution >= 4 is 22.8 Å². The summed E-state index contributed by atoms with van der Waals surface area (Å²) >= 11 is 0. The summed E-state index contributed by atoms with van der Waals surface area (Å²) in [6, 6.07) is 0. The Labute approximate surface area is 74.6 Å². The molecule has 0 unspecified atom stereocenters. The number of nitrogens with zero attached hydrogens (tertiary/aromatic N) is 3. The van der Waals surface area contributed by atoms with Crippen molar-refractivity contribution in [3.05, 3.63) is 6.20 Å². The van der Waals surface area contributed by atoms with Crippen LogP contribution in [-0.4, -0.2) is 26.7 Å². The predicted octanol–water partition coefficient (Wildman–Crippen LogP) is 0.367. The van der Waals surface area contributed by atoms with Gasteiger partial charge in [0.2, 0.25) is 0 Å². The third kappa shape index (κ3) is 1.26. The zero-order valence-electron chi connectivity index (χ0n) is 7.20. The second kappa shape index (κ2) is 2.89. The van der Waals surface area contributed by atoms with Gasteiger partial charge in [0.25, 0.3) is 0 Å². The topological polar surface area (TPSA) is 92.5 Å². The Hall–Kier alpha value is -1.85. The van der Waals surface area contributed by atoms with Crippen LogP contribution in [0.25, 0.3) is 11.2 Å². The summed E-state index contributed by atoms with van der Waals surface area (Å²) in [6.45, 7) is 2.80. The zero-order valence-corrected chi connectivity index (χ0v) is 7.20. The Morgan fingerprint density at radius 1 is 1.62 bits per heavy atom. The van der Waals surface area contributed by atoms with Crippen molar-refractivity contribution in [2.75, 3.05) is 17.6 Å². The van der Waals surface area contributed by atoms with Crippen LogP contribution in [0.3, 0.4) is 0 Å². The molecule has 0 bridgehead atoms. The third-order valence-electron chi connectivity index (χ3n) is 1.66. The van der Waals surface area contributed by atoms with E-state index < -0.39 is 0 Å². The van der Waals surface area contributed by atoms with E-state index in [-0.39, 0.29) is 0 Å². The highest BCUT2D eigenvalue weighted by atomic mass is 15.2. The van der Waals surface area contributed by atoms with Crippen molar-refractivity contribution in [1.82, 2.24) is 20.2 Å². The van der Waals surface area contributed by atoms with Crippen LogP contribution in [0.15, 0.2) is 6.20 Å². The Morgan fingerprint density at radius 3 is 3.23 bits per heavy atom. The fraction of sp³-hybridized carbons (Fsp3) is 0.286. The highest BCUT2D eigenvalue weighted by Crippen LogP contribution is 2.13. The van der Waals surface area contributed by atoms with Crippen LogP contribution in [0, 0.1) is 0 Å². The predicted molar refractivity (Wildman–Crippen MR) is 50.3 cm³/mol. The van der Waals surface area contributed by atoms with Crippen molar-refractivity contribution in [3.8, 4) is 0 Å². The van der Waals surface area contributed by atoms with Gasteiger partial charge in [-0.25, -0.2) is 9.97 Å². The van der Waals surface area contributed by atoms with Gasteiger partial charge in [-0.05, 0) is 6.92 Å². The van der Waals surface area contributed by atoms with Gasteiger partial charge in [-0.1, -0.05) is 0 Å². The lowest BCUT2D eigenvalue weighted by Gasteiger charge is -1.99. The van der Waals surface area contributed by atoms with Crippen LogP contribution in [-0.2, 0) is 0 Å². The molecule has 0 fully saturated rings. The molecule has 2 rings (SSSR count). The fourth-order valence-electron chi connectivity index (χ4n) is 1.09. The monoisotopic (exact) mass is 178 g/mol. The van der Waals surface area contributed by atoms with Crippen molar-refractivity contribution in [2.24, 2.45) is 0 Å².